The van der Waals surface area contributed by atoms with Crippen LogP contribution in [-0.2, 0) is 4.79 Å². The third-order valence-electron chi connectivity index (χ3n) is 3.03. The molecule has 2 rings (SSSR count). The van der Waals surface area contributed by atoms with Crippen LogP contribution in [0.15, 0.2) is 5.16 Å². The molecule has 0 radical (unpaired) electrons. The van der Waals surface area contributed by atoms with Crippen molar-refractivity contribution in [2.45, 2.75) is 49.1 Å². The van der Waals surface area contributed by atoms with Crippen LogP contribution in [0.2, 0.25) is 0 Å². The largest absolute Gasteiger partial charge is 0.358 e. The number of hydrogen-bond donors (Lipinski definition) is 1. The number of nitrogens with one attached hydrogen (secondary N) is 1. The highest BCUT2D eigenvalue weighted by atomic mass is 32.2. The van der Waals surface area contributed by atoms with Gasteiger partial charge in [-0.1, -0.05) is 24.6 Å². The average Bonchev–Trinajstić information content (AvgIpc) is 2.97. The third-order valence-corrected chi connectivity index (χ3v) is 4.08. The molecule has 1 N–H and O–H groups in total. The summed E-state index contributed by atoms with van der Waals surface area (Å²) in [5.74, 6) is -0.00373. The molecule has 1 aliphatic rings. The van der Waals surface area contributed by atoms with Crippen molar-refractivity contribution >= 4 is 17.7 Å². The van der Waals surface area contributed by atoms with Crippen LogP contribution in [0.1, 0.15) is 38.6 Å². The molecule has 0 spiro atoms. The van der Waals surface area contributed by atoms with Gasteiger partial charge in [0.25, 0.3) is 0 Å². The smallest absolute Gasteiger partial charge is 0.233 e. The molecule has 1 fully saturated rings. The summed E-state index contributed by atoms with van der Waals surface area (Å²) in [5.41, 5.74) is 0. The molecule has 1 aromatic rings. The molecule has 94 valence electrons. The Morgan fingerprint density at radius 2 is 2.24 bits per heavy atom. The van der Waals surface area contributed by atoms with Gasteiger partial charge >= 0.3 is 0 Å². The minimum atomic E-state index is -0.175. The molecule has 1 saturated carbocycles. The SMILES string of the molecule is CNC(=O)[C@@H](C)Sc1nnnn1C1CCCC1. The second kappa shape index (κ2) is 5.48. The Kier molecular flexibility index (Phi) is 3.98. The van der Waals surface area contributed by atoms with E-state index in [-0.39, 0.29) is 11.2 Å². The molecule has 6 nitrogen and oxygen atoms in total. The van der Waals surface area contributed by atoms with E-state index in [4.69, 9.17) is 0 Å². The fraction of sp³-hybridized carbons (Fsp3) is 0.800. The Balaban J connectivity index is 2.05. The van der Waals surface area contributed by atoms with Gasteiger partial charge in [0.2, 0.25) is 11.1 Å². The molecule has 0 aliphatic heterocycles. The highest BCUT2D eigenvalue weighted by Crippen LogP contribution is 2.32. The molecular formula is C10H17N5OS. The van der Waals surface area contributed by atoms with E-state index in [0.29, 0.717) is 6.04 Å². The number of carbonyl (C=O) groups is 1. The minimum Gasteiger partial charge on any atom is -0.358 e. The molecule has 1 amide bonds. The van der Waals surface area contributed by atoms with Gasteiger partial charge in [0.05, 0.1) is 11.3 Å². The number of carbonyl (C=O) groups excluding carboxylic acids is 1. The van der Waals surface area contributed by atoms with Crippen LogP contribution in [0, 0.1) is 0 Å². The minimum absolute atomic E-state index is 0.00373. The van der Waals surface area contributed by atoms with Crippen LogP contribution in [0.5, 0.6) is 0 Å². The second-order valence-corrected chi connectivity index (χ2v) is 5.53. The van der Waals surface area contributed by atoms with Gasteiger partial charge in [-0.05, 0) is 30.2 Å². The van der Waals surface area contributed by atoms with Crippen molar-refractivity contribution in [2.24, 2.45) is 0 Å². The third kappa shape index (κ3) is 2.77. The summed E-state index contributed by atoms with van der Waals surface area (Å²) in [5, 5.41) is 15.0. The summed E-state index contributed by atoms with van der Waals surface area (Å²) in [7, 11) is 1.64. The maximum absolute atomic E-state index is 11.5. The quantitative estimate of drug-likeness (QED) is 0.813. The van der Waals surface area contributed by atoms with E-state index in [1.165, 1.54) is 24.6 Å². The van der Waals surface area contributed by atoms with Gasteiger partial charge in [0.15, 0.2) is 0 Å². The zero-order valence-corrected chi connectivity index (χ0v) is 10.9. The Morgan fingerprint density at radius 1 is 1.53 bits per heavy atom. The van der Waals surface area contributed by atoms with E-state index < -0.39 is 0 Å². The van der Waals surface area contributed by atoms with Crippen molar-refractivity contribution in [3.05, 3.63) is 0 Å². The first-order chi connectivity index (χ1) is 8.22. The monoisotopic (exact) mass is 255 g/mol. The standard InChI is InChI=1S/C10H17N5OS/c1-7(9(16)11-2)17-10-12-13-14-15(10)8-5-3-4-6-8/h7-8H,3-6H2,1-2H3,(H,11,16)/t7-/m1/s1. The molecule has 1 heterocycles. The van der Waals surface area contributed by atoms with Crippen molar-refractivity contribution in [3.8, 4) is 0 Å². The van der Waals surface area contributed by atoms with Crippen molar-refractivity contribution in [3.63, 3.8) is 0 Å². The van der Waals surface area contributed by atoms with Crippen LogP contribution < -0.4 is 5.32 Å². The summed E-state index contributed by atoms with van der Waals surface area (Å²) in [6.45, 7) is 1.86. The van der Waals surface area contributed by atoms with Crippen LogP contribution in [0.3, 0.4) is 0 Å². The van der Waals surface area contributed by atoms with E-state index in [1.807, 2.05) is 11.6 Å². The van der Waals surface area contributed by atoms with Gasteiger partial charge in [-0.25, -0.2) is 4.68 Å². The van der Waals surface area contributed by atoms with Crippen molar-refractivity contribution < 1.29 is 4.79 Å². The first-order valence-corrected chi connectivity index (χ1v) is 6.76. The molecule has 1 atom stereocenters. The van der Waals surface area contributed by atoms with Crippen molar-refractivity contribution in [1.82, 2.24) is 25.5 Å². The number of aromatic nitrogens is 4. The molecule has 1 aliphatic carbocycles. The fourth-order valence-electron chi connectivity index (χ4n) is 2.06. The predicted molar refractivity (Wildman–Crippen MR) is 64.7 cm³/mol. The highest BCUT2D eigenvalue weighted by Gasteiger charge is 2.24. The highest BCUT2D eigenvalue weighted by molar-refractivity contribution is 8.00. The maximum atomic E-state index is 11.5. The van der Waals surface area contributed by atoms with Crippen LogP contribution in [0.4, 0.5) is 0 Å². The number of amides is 1. The fourth-order valence-corrected chi connectivity index (χ4v) is 2.97. The summed E-state index contributed by atoms with van der Waals surface area (Å²) >= 11 is 1.41. The lowest BCUT2D eigenvalue weighted by atomic mass is 10.3. The molecule has 0 aromatic carbocycles. The number of tetrazole rings is 1. The first kappa shape index (κ1) is 12.3. The van der Waals surface area contributed by atoms with Gasteiger partial charge in [-0.3, -0.25) is 4.79 Å². The molecule has 0 unspecified atom stereocenters. The maximum Gasteiger partial charge on any atom is 0.233 e. The summed E-state index contributed by atoms with van der Waals surface area (Å²) in [6.07, 6.45) is 4.74. The van der Waals surface area contributed by atoms with E-state index in [0.717, 1.165) is 18.0 Å². The van der Waals surface area contributed by atoms with Crippen molar-refractivity contribution in [2.75, 3.05) is 7.05 Å². The molecule has 1 aromatic heterocycles. The summed E-state index contributed by atoms with van der Waals surface area (Å²) in [4.78, 5) is 11.5. The molecule has 7 heteroatoms. The lowest BCUT2D eigenvalue weighted by Gasteiger charge is -2.13. The normalized spacial score (nSPS) is 18.2. The van der Waals surface area contributed by atoms with Gasteiger partial charge in [-0.2, -0.15) is 0 Å². The lowest BCUT2D eigenvalue weighted by Crippen LogP contribution is -2.27. The Hall–Kier alpha value is -1.11. The molecule has 0 bridgehead atoms. The van der Waals surface area contributed by atoms with E-state index in [1.54, 1.807) is 7.05 Å². The summed E-state index contributed by atoms with van der Waals surface area (Å²) in [6, 6.07) is 0.407. The number of nitrogens with zero attached hydrogens (tertiary/aromatic N) is 4. The molecule has 0 saturated heterocycles. The van der Waals surface area contributed by atoms with Gasteiger partial charge < -0.3 is 5.32 Å². The predicted octanol–water partition coefficient (Wildman–Crippen LogP) is 1.01. The van der Waals surface area contributed by atoms with E-state index >= 15 is 0 Å². The number of thioether (sulfide) groups is 1. The van der Waals surface area contributed by atoms with Crippen LogP contribution in [-0.4, -0.2) is 38.4 Å². The lowest BCUT2D eigenvalue weighted by molar-refractivity contribution is -0.119. The molecular weight excluding hydrogens is 238 g/mol. The Labute approximate surface area is 105 Å². The summed E-state index contributed by atoms with van der Waals surface area (Å²) < 4.78 is 1.87. The molecule has 17 heavy (non-hydrogen) atoms. The van der Waals surface area contributed by atoms with Crippen LogP contribution >= 0.6 is 11.8 Å². The van der Waals surface area contributed by atoms with Gasteiger partial charge in [0.1, 0.15) is 0 Å². The zero-order valence-electron chi connectivity index (χ0n) is 10.1. The number of hydrogen-bond acceptors (Lipinski definition) is 5. The van der Waals surface area contributed by atoms with Gasteiger partial charge in [-0.15, -0.1) is 5.10 Å². The van der Waals surface area contributed by atoms with Crippen LogP contribution in [0.25, 0.3) is 0 Å². The Bertz CT molecular complexity index is 388. The average molecular weight is 255 g/mol. The van der Waals surface area contributed by atoms with Gasteiger partial charge in [0, 0.05) is 7.05 Å². The van der Waals surface area contributed by atoms with E-state index in [2.05, 4.69) is 20.8 Å². The zero-order chi connectivity index (χ0) is 12.3. The van der Waals surface area contributed by atoms with Crippen molar-refractivity contribution in [1.29, 1.82) is 0 Å². The second-order valence-electron chi connectivity index (χ2n) is 4.22. The van der Waals surface area contributed by atoms with E-state index in [9.17, 15) is 4.79 Å². The topological polar surface area (TPSA) is 72.7 Å². The number of rotatable bonds is 4. The first-order valence-electron chi connectivity index (χ1n) is 5.88. The Morgan fingerprint density at radius 3 is 2.88 bits per heavy atom.